The lowest BCUT2D eigenvalue weighted by Crippen LogP contribution is -2.17. The standard InChI is InChI=1S/C13H12F6O3S/c1-2-21-11(20)6-3-8-7-9(22-12(14,15)16)4-5-10(8)23-13(17,18)19/h4-5,7H,2-3,6H2,1H3. The maximum absolute atomic E-state index is 12.5. The van der Waals surface area contributed by atoms with Crippen molar-refractivity contribution in [2.45, 2.75) is 36.5 Å². The van der Waals surface area contributed by atoms with Gasteiger partial charge in [-0.2, -0.15) is 13.2 Å². The van der Waals surface area contributed by atoms with E-state index in [9.17, 15) is 31.1 Å². The van der Waals surface area contributed by atoms with Gasteiger partial charge >= 0.3 is 17.8 Å². The lowest BCUT2D eigenvalue weighted by Gasteiger charge is -2.14. The third-order valence-corrected chi connectivity index (χ3v) is 3.24. The van der Waals surface area contributed by atoms with E-state index in [1.54, 1.807) is 6.92 Å². The smallest absolute Gasteiger partial charge is 0.466 e. The van der Waals surface area contributed by atoms with Crippen molar-refractivity contribution < 1.29 is 40.6 Å². The number of halogens is 6. The van der Waals surface area contributed by atoms with Gasteiger partial charge in [0.1, 0.15) is 5.75 Å². The first kappa shape index (κ1) is 19.5. The zero-order valence-electron chi connectivity index (χ0n) is 11.8. The van der Waals surface area contributed by atoms with Gasteiger partial charge in [0.15, 0.2) is 0 Å². The number of rotatable bonds is 6. The number of hydrogen-bond acceptors (Lipinski definition) is 4. The molecule has 0 spiro atoms. The quantitative estimate of drug-likeness (QED) is 0.418. The molecule has 1 rings (SSSR count). The summed E-state index contributed by atoms with van der Waals surface area (Å²) < 4.78 is 82.3. The minimum Gasteiger partial charge on any atom is -0.466 e. The molecule has 0 unspecified atom stereocenters. The summed E-state index contributed by atoms with van der Waals surface area (Å²) in [6.45, 7) is 1.65. The van der Waals surface area contributed by atoms with Crippen LogP contribution in [0.25, 0.3) is 0 Å². The zero-order valence-corrected chi connectivity index (χ0v) is 12.6. The van der Waals surface area contributed by atoms with Crippen LogP contribution in [0.2, 0.25) is 0 Å². The van der Waals surface area contributed by atoms with Crippen molar-refractivity contribution in [3.8, 4) is 5.75 Å². The Labute approximate surface area is 131 Å². The fraction of sp³-hybridized carbons (Fsp3) is 0.462. The summed E-state index contributed by atoms with van der Waals surface area (Å²) in [5.41, 5.74) is -4.69. The Bertz CT molecular complexity index is 541. The van der Waals surface area contributed by atoms with E-state index in [4.69, 9.17) is 0 Å². The van der Waals surface area contributed by atoms with Crippen LogP contribution in [0.15, 0.2) is 23.1 Å². The molecule has 1 aromatic rings. The van der Waals surface area contributed by atoms with Gasteiger partial charge in [0.25, 0.3) is 0 Å². The summed E-state index contributed by atoms with van der Waals surface area (Å²) in [7, 11) is 0. The molecule has 23 heavy (non-hydrogen) atoms. The van der Waals surface area contributed by atoms with Crippen LogP contribution in [0, 0.1) is 0 Å². The molecule has 0 N–H and O–H groups in total. The number of carbonyl (C=O) groups excluding carboxylic acids is 1. The van der Waals surface area contributed by atoms with Gasteiger partial charge in [-0.25, -0.2) is 0 Å². The second-order valence-electron chi connectivity index (χ2n) is 4.17. The Morgan fingerprint density at radius 3 is 2.35 bits per heavy atom. The molecule has 0 radical (unpaired) electrons. The lowest BCUT2D eigenvalue weighted by molar-refractivity contribution is -0.274. The van der Waals surface area contributed by atoms with Crippen molar-refractivity contribution in [3.05, 3.63) is 23.8 Å². The third kappa shape index (κ3) is 8.00. The summed E-state index contributed by atoms with van der Waals surface area (Å²) in [5, 5.41) is 0. The van der Waals surface area contributed by atoms with Crippen LogP contribution in [0.1, 0.15) is 18.9 Å². The molecule has 0 saturated heterocycles. The van der Waals surface area contributed by atoms with Crippen LogP contribution in [0.5, 0.6) is 5.75 Å². The first-order chi connectivity index (χ1) is 10.5. The van der Waals surface area contributed by atoms with E-state index in [1.807, 2.05) is 0 Å². The van der Waals surface area contributed by atoms with Crippen LogP contribution in [0.3, 0.4) is 0 Å². The van der Waals surface area contributed by atoms with Gasteiger partial charge < -0.3 is 9.47 Å². The number of hydrogen-bond donors (Lipinski definition) is 0. The fourth-order valence-electron chi connectivity index (χ4n) is 1.64. The highest BCUT2D eigenvalue weighted by atomic mass is 32.2. The summed E-state index contributed by atoms with van der Waals surface area (Å²) in [6.07, 6.45) is -5.42. The molecule has 10 heteroatoms. The fourth-order valence-corrected chi connectivity index (χ4v) is 2.32. The van der Waals surface area contributed by atoms with Gasteiger partial charge in [0.2, 0.25) is 0 Å². The number of carbonyl (C=O) groups is 1. The molecule has 0 bridgehead atoms. The molecule has 0 heterocycles. The Hall–Kier alpha value is -1.58. The van der Waals surface area contributed by atoms with Crippen LogP contribution in [0.4, 0.5) is 26.3 Å². The Balaban J connectivity index is 2.98. The molecular weight excluding hydrogens is 350 g/mol. The molecule has 130 valence electrons. The normalized spacial score (nSPS) is 12.1. The predicted molar refractivity (Wildman–Crippen MR) is 70.0 cm³/mol. The Morgan fingerprint density at radius 2 is 1.83 bits per heavy atom. The number of alkyl halides is 6. The average molecular weight is 362 g/mol. The Kier molecular flexibility index (Phi) is 6.60. The van der Waals surface area contributed by atoms with Crippen molar-refractivity contribution >= 4 is 17.7 Å². The molecule has 3 nitrogen and oxygen atoms in total. The Morgan fingerprint density at radius 1 is 1.17 bits per heavy atom. The van der Waals surface area contributed by atoms with Crippen LogP contribution in [-0.4, -0.2) is 24.4 Å². The molecule has 0 fully saturated rings. The van der Waals surface area contributed by atoms with E-state index in [2.05, 4.69) is 9.47 Å². The van der Waals surface area contributed by atoms with Gasteiger partial charge in [-0.05, 0) is 48.9 Å². The molecule has 0 aliphatic rings. The third-order valence-electron chi connectivity index (χ3n) is 2.40. The van der Waals surface area contributed by atoms with Crippen molar-refractivity contribution in [2.24, 2.45) is 0 Å². The SMILES string of the molecule is CCOC(=O)CCc1cc(OC(F)(F)F)ccc1SC(F)(F)F. The first-order valence-corrected chi connectivity index (χ1v) is 7.12. The van der Waals surface area contributed by atoms with Gasteiger partial charge in [-0.3, -0.25) is 4.79 Å². The number of benzene rings is 1. The number of ether oxygens (including phenoxy) is 2. The molecule has 0 aromatic heterocycles. The maximum atomic E-state index is 12.5. The number of aryl methyl sites for hydroxylation is 1. The van der Waals surface area contributed by atoms with Crippen LogP contribution in [-0.2, 0) is 16.0 Å². The first-order valence-electron chi connectivity index (χ1n) is 6.30. The van der Waals surface area contributed by atoms with E-state index >= 15 is 0 Å². The van der Waals surface area contributed by atoms with E-state index in [0.717, 1.165) is 18.2 Å². The van der Waals surface area contributed by atoms with E-state index in [0.29, 0.717) is 0 Å². The van der Waals surface area contributed by atoms with Crippen LogP contribution >= 0.6 is 11.8 Å². The predicted octanol–water partition coefficient (Wildman–Crippen LogP) is 4.69. The molecule has 0 saturated carbocycles. The van der Waals surface area contributed by atoms with Crippen molar-refractivity contribution in [1.82, 2.24) is 0 Å². The van der Waals surface area contributed by atoms with Crippen molar-refractivity contribution in [2.75, 3.05) is 6.61 Å². The summed E-state index contributed by atoms with van der Waals surface area (Å²) in [5.74, 6) is -1.31. The minimum atomic E-state index is -4.96. The summed E-state index contributed by atoms with van der Waals surface area (Å²) >= 11 is -0.470. The van der Waals surface area contributed by atoms with Gasteiger partial charge in [-0.1, -0.05) is 0 Å². The number of thioether (sulfide) groups is 1. The van der Waals surface area contributed by atoms with E-state index in [1.165, 1.54) is 0 Å². The van der Waals surface area contributed by atoms with E-state index in [-0.39, 0.29) is 29.9 Å². The highest BCUT2D eigenvalue weighted by Crippen LogP contribution is 2.40. The summed E-state index contributed by atoms with van der Waals surface area (Å²) in [4.78, 5) is 11.0. The van der Waals surface area contributed by atoms with Gasteiger partial charge in [-0.15, -0.1) is 13.2 Å². The average Bonchev–Trinajstić information content (AvgIpc) is 2.36. The molecule has 0 aliphatic heterocycles. The zero-order chi connectivity index (χ0) is 17.7. The minimum absolute atomic E-state index is 0.0814. The van der Waals surface area contributed by atoms with Crippen molar-refractivity contribution in [1.29, 1.82) is 0 Å². The molecule has 1 aromatic carbocycles. The van der Waals surface area contributed by atoms with E-state index < -0.39 is 35.4 Å². The highest BCUT2D eigenvalue weighted by molar-refractivity contribution is 8.00. The molecular formula is C13H12F6O3S. The van der Waals surface area contributed by atoms with Gasteiger partial charge in [0.05, 0.1) is 6.61 Å². The second-order valence-corrected chi connectivity index (χ2v) is 5.28. The monoisotopic (exact) mass is 362 g/mol. The second kappa shape index (κ2) is 7.80. The maximum Gasteiger partial charge on any atom is 0.573 e. The highest BCUT2D eigenvalue weighted by Gasteiger charge is 2.33. The van der Waals surface area contributed by atoms with Crippen LogP contribution < -0.4 is 4.74 Å². The topological polar surface area (TPSA) is 35.5 Å². The largest absolute Gasteiger partial charge is 0.573 e. The number of esters is 1. The lowest BCUT2D eigenvalue weighted by atomic mass is 10.1. The molecule has 0 amide bonds. The van der Waals surface area contributed by atoms with Gasteiger partial charge in [0, 0.05) is 11.3 Å². The van der Waals surface area contributed by atoms with Crippen molar-refractivity contribution in [3.63, 3.8) is 0 Å². The summed E-state index contributed by atoms with van der Waals surface area (Å²) in [6, 6.07) is 2.50. The molecule has 0 aliphatic carbocycles. The molecule has 0 atom stereocenters.